The number of carbonyl (C=O) groups excluding carboxylic acids is 2. The number of carbonyl (C=O) groups is 2. The maximum atomic E-state index is 13.5. The van der Waals surface area contributed by atoms with Crippen LogP contribution >= 0.6 is 22.7 Å². The first-order valence-corrected chi connectivity index (χ1v) is 13.9. The van der Waals surface area contributed by atoms with E-state index in [0.29, 0.717) is 53.3 Å². The third-order valence-corrected chi connectivity index (χ3v) is 7.88. The van der Waals surface area contributed by atoms with E-state index in [4.69, 9.17) is 14.2 Å². The van der Waals surface area contributed by atoms with Crippen LogP contribution in [0.1, 0.15) is 37.3 Å². The second-order valence-corrected chi connectivity index (χ2v) is 10.3. The number of aliphatic hydroxyl groups excluding tert-OH is 1. The summed E-state index contributed by atoms with van der Waals surface area (Å²) in [5, 5.41) is 13.8. The second kappa shape index (κ2) is 10.8. The molecule has 1 saturated heterocycles. The van der Waals surface area contributed by atoms with E-state index in [1.54, 1.807) is 18.2 Å². The zero-order valence-corrected chi connectivity index (χ0v) is 22.7. The molecule has 3 heterocycles. The maximum absolute atomic E-state index is 13.5. The first-order valence-electron chi connectivity index (χ1n) is 12.2. The molecule has 1 N–H and O–H groups in total. The molecule has 2 aromatic carbocycles. The Morgan fingerprint density at radius 3 is 2.37 bits per heavy atom. The van der Waals surface area contributed by atoms with Crippen LogP contribution in [0.15, 0.2) is 59.5 Å². The number of ketones is 1. The number of anilines is 1. The Bertz CT molecular complexity index is 1530. The van der Waals surface area contributed by atoms with Gasteiger partial charge in [0, 0.05) is 10.9 Å². The average molecular weight is 551 g/mol. The number of hydrogen-bond acceptors (Lipinski definition) is 9. The molecule has 38 heavy (non-hydrogen) atoms. The maximum Gasteiger partial charge on any atom is 0.301 e. The van der Waals surface area contributed by atoms with Crippen molar-refractivity contribution in [3.63, 3.8) is 0 Å². The average Bonchev–Trinajstić information content (AvgIpc) is 3.63. The molecule has 0 aliphatic carbocycles. The summed E-state index contributed by atoms with van der Waals surface area (Å²) in [6.07, 6.45) is 0. The standard InChI is InChI=1S/C28H26N2O6S2/c1-4-34-16-9-11-18(20(14-16)36-6-3)25(31)23-24(21-8-7-13-37-21)30(27(33)26(23)32)28-29-19-12-10-17(35-5-2)15-22(19)38-28/h7-15,24,31H,4-6H2,1-3H3/b25-23+. The molecule has 1 aliphatic rings. The van der Waals surface area contributed by atoms with Gasteiger partial charge in [0.05, 0.1) is 41.2 Å². The molecule has 10 heteroatoms. The van der Waals surface area contributed by atoms with Gasteiger partial charge in [-0.15, -0.1) is 11.3 Å². The van der Waals surface area contributed by atoms with Crippen LogP contribution in [-0.2, 0) is 9.59 Å². The number of thiophene rings is 1. The van der Waals surface area contributed by atoms with Crippen molar-refractivity contribution in [1.82, 2.24) is 4.98 Å². The van der Waals surface area contributed by atoms with Gasteiger partial charge in [-0.2, -0.15) is 0 Å². The van der Waals surface area contributed by atoms with Crippen LogP contribution < -0.4 is 19.1 Å². The number of ether oxygens (including phenoxy) is 3. The number of Topliss-reactive ketones (excluding diaryl/α,β-unsaturated/α-hetero) is 1. The number of amides is 1. The molecule has 0 spiro atoms. The smallest absolute Gasteiger partial charge is 0.301 e. The summed E-state index contributed by atoms with van der Waals surface area (Å²) in [7, 11) is 0. The van der Waals surface area contributed by atoms with E-state index >= 15 is 0 Å². The molecule has 8 nitrogen and oxygen atoms in total. The zero-order valence-electron chi connectivity index (χ0n) is 21.1. The largest absolute Gasteiger partial charge is 0.507 e. The lowest BCUT2D eigenvalue weighted by atomic mass is 9.99. The number of hydrogen-bond donors (Lipinski definition) is 1. The zero-order chi connectivity index (χ0) is 26.8. The number of thiazole rings is 1. The molecule has 5 rings (SSSR count). The Labute approximate surface area is 227 Å². The highest BCUT2D eigenvalue weighted by atomic mass is 32.1. The minimum atomic E-state index is -0.844. The third kappa shape index (κ3) is 4.61. The van der Waals surface area contributed by atoms with Crippen LogP contribution in [0.25, 0.3) is 16.0 Å². The summed E-state index contributed by atoms with van der Waals surface area (Å²) in [6, 6.07) is 13.3. The van der Waals surface area contributed by atoms with Crippen molar-refractivity contribution in [2.45, 2.75) is 26.8 Å². The van der Waals surface area contributed by atoms with Gasteiger partial charge >= 0.3 is 5.91 Å². The lowest BCUT2D eigenvalue weighted by molar-refractivity contribution is -0.132. The fraction of sp³-hybridized carbons (Fsp3) is 0.250. The van der Waals surface area contributed by atoms with Crippen molar-refractivity contribution < 1.29 is 28.9 Å². The van der Waals surface area contributed by atoms with Crippen LogP contribution in [-0.4, -0.2) is 41.6 Å². The molecule has 1 fully saturated rings. The monoisotopic (exact) mass is 550 g/mol. The fourth-order valence-corrected chi connectivity index (χ4v) is 6.22. The summed E-state index contributed by atoms with van der Waals surface area (Å²) in [4.78, 5) is 33.7. The van der Waals surface area contributed by atoms with E-state index in [2.05, 4.69) is 4.98 Å². The molecule has 1 amide bonds. The van der Waals surface area contributed by atoms with Crippen molar-refractivity contribution in [2.24, 2.45) is 0 Å². The molecule has 1 atom stereocenters. The van der Waals surface area contributed by atoms with E-state index in [1.165, 1.54) is 27.6 Å². The van der Waals surface area contributed by atoms with E-state index in [0.717, 1.165) is 9.58 Å². The number of nitrogens with zero attached hydrogens (tertiary/aromatic N) is 2. The molecule has 1 aliphatic heterocycles. The first-order chi connectivity index (χ1) is 18.5. The molecule has 4 aromatic rings. The summed E-state index contributed by atoms with van der Waals surface area (Å²) < 4.78 is 17.8. The third-order valence-electron chi connectivity index (χ3n) is 5.94. The number of benzene rings is 2. The van der Waals surface area contributed by atoms with Crippen LogP contribution in [0.2, 0.25) is 0 Å². The Kier molecular flexibility index (Phi) is 7.35. The van der Waals surface area contributed by atoms with E-state index in [9.17, 15) is 14.7 Å². The van der Waals surface area contributed by atoms with Crippen LogP contribution in [0.3, 0.4) is 0 Å². The highest BCUT2D eigenvalue weighted by Crippen LogP contribution is 2.46. The second-order valence-electron chi connectivity index (χ2n) is 8.27. The van der Waals surface area contributed by atoms with E-state index < -0.39 is 17.7 Å². The quantitative estimate of drug-likeness (QED) is 0.151. The van der Waals surface area contributed by atoms with Crippen molar-refractivity contribution >= 4 is 55.5 Å². The summed E-state index contributed by atoms with van der Waals surface area (Å²) in [5.74, 6) is -0.217. The highest BCUT2D eigenvalue weighted by Gasteiger charge is 2.48. The molecule has 0 bridgehead atoms. The van der Waals surface area contributed by atoms with Crippen LogP contribution in [0.5, 0.6) is 17.2 Å². The van der Waals surface area contributed by atoms with Gasteiger partial charge in [-0.25, -0.2) is 4.98 Å². The summed E-state index contributed by atoms with van der Waals surface area (Å²) in [5.41, 5.74) is 0.975. The number of aromatic nitrogens is 1. The Balaban J connectivity index is 1.66. The van der Waals surface area contributed by atoms with Gasteiger partial charge in [0.1, 0.15) is 29.0 Å². The Morgan fingerprint density at radius 2 is 1.68 bits per heavy atom. The number of aliphatic hydroxyl groups is 1. The van der Waals surface area contributed by atoms with Crippen molar-refractivity contribution in [3.8, 4) is 17.2 Å². The van der Waals surface area contributed by atoms with Gasteiger partial charge in [-0.3, -0.25) is 14.5 Å². The Hall–Kier alpha value is -3.89. The number of fused-ring (bicyclic) bond motifs is 1. The van der Waals surface area contributed by atoms with Gasteiger partial charge < -0.3 is 19.3 Å². The summed E-state index contributed by atoms with van der Waals surface area (Å²) in [6.45, 7) is 6.94. The van der Waals surface area contributed by atoms with Crippen LogP contribution in [0, 0.1) is 0 Å². The minimum absolute atomic E-state index is 0.0168. The molecular weight excluding hydrogens is 524 g/mol. The van der Waals surface area contributed by atoms with E-state index in [1.807, 2.05) is 56.5 Å². The SMILES string of the molecule is CCOc1ccc(/C(O)=C2\C(=O)C(=O)N(c3nc4ccc(OCC)cc4s3)C2c2cccs2)c(OCC)c1. The van der Waals surface area contributed by atoms with Crippen molar-refractivity contribution in [3.05, 3.63) is 69.9 Å². The van der Waals surface area contributed by atoms with Gasteiger partial charge in [0.2, 0.25) is 0 Å². The minimum Gasteiger partial charge on any atom is -0.507 e. The lowest BCUT2D eigenvalue weighted by Crippen LogP contribution is -2.28. The predicted octanol–water partition coefficient (Wildman–Crippen LogP) is 6.18. The molecule has 0 saturated carbocycles. The predicted molar refractivity (Wildman–Crippen MR) is 149 cm³/mol. The lowest BCUT2D eigenvalue weighted by Gasteiger charge is -2.21. The summed E-state index contributed by atoms with van der Waals surface area (Å²) >= 11 is 2.68. The molecule has 2 aromatic heterocycles. The molecule has 1 unspecified atom stereocenters. The molecule has 0 radical (unpaired) electrons. The van der Waals surface area contributed by atoms with Crippen molar-refractivity contribution in [2.75, 3.05) is 24.7 Å². The fourth-order valence-electron chi connectivity index (χ4n) is 4.37. The van der Waals surface area contributed by atoms with Gasteiger partial charge in [0.25, 0.3) is 5.78 Å². The topological polar surface area (TPSA) is 98.2 Å². The Morgan fingerprint density at radius 1 is 0.974 bits per heavy atom. The first kappa shape index (κ1) is 25.7. The highest BCUT2D eigenvalue weighted by molar-refractivity contribution is 7.22. The molecule has 196 valence electrons. The number of rotatable bonds is 9. The normalized spacial score (nSPS) is 16.8. The van der Waals surface area contributed by atoms with Crippen LogP contribution in [0.4, 0.5) is 5.13 Å². The van der Waals surface area contributed by atoms with Crippen molar-refractivity contribution in [1.29, 1.82) is 0 Å². The van der Waals surface area contributed by atoms with Gasteiger partial charge in [-0.05, 0) is 62.5 Å². The van der Waals surface area contributed by atoms with Gasteiger partial charge in [-0.1, -0.05) is 17.4 Å². The van der Waals surface area contributed by atoms with E-state index in [-0.39, 0.29) is 11.3 Å². The van der Waals surface area contributed by atoms with Gasteiger partial charge in [0.15, 0.2) is 5.13 Å². The molecular formula is C28H26N2O6S2.